The largest absolute Gasteiger partial charge is 0.330 e. The first kappa shape index (κ1) is 84.7. The number of carbonyl (C=O) groups is 5. The maximum atomic E-state index is 11.0. The van der Waals surface area contributed by atoms with E-state index in [4.69, 9.17) is 5.73 Å². The predicted octanol–water partition coefficient (Wildman–Crippen LogP) is 4.85. The summed E-state index contributed by atoms with van der Waals surface area (Å²) in [6, 6.07) is 11.6. The molecule has 8 N–H and O–H groups in total. The van der Waals surface area contributed by atoms with Gasteiger partial charge in [-0.3, -0.25) is 33.9 Å². The maximum Gasteiger partial charge on any atom is 0.146 e. The summed E-state index contributed by atoms with van der Waals surface area (Å²) in [5.41, 5.74) is 5.33. The zero-order valence-corrected chi connectivity index (χ0v) is 49.7. The third kappa shape index (κ3) is 67.8. The zero-order valence-electron chi connectivity index (χ0n) is 49.7. The van der Waals surface area contributed by atoms with Crippen molar-refractivity contribution in [2.75, 3.05) is 96.2 Å². The molecule has 17 nitrogen and oxygen atoms in total. The van der Waals surface area contributed by atoms with Gasteiger partial charge < -0.3 is 47.5 Å². The number of pyridine rings is 2. The number of aromatic nitrogens is 2. The topological polar surface area (TPSA) is 228 Å². The second kappa shape index (κ2) is 65.9. The number of nitrogens with one attached hydrogen (secondary N) is 6. The Balaban J connectivity index is -0.000000145. The fraction of sp³-hybridized carbons (Fsp3) is 0.696. The predicted molar refractivity (Wildman–Crippen MR) is 321 cm³/mol. The lowest BCUT2D eigenvalue weighted by Crippen LogP contribution is -2.32. The molecule has 5 unspecified atom stereocenters. The molecule has 0 bridgehead atoms. The third-order valence-electron chi connectivity index (χ3n) is 11.1. The molecule has 2 aromatic heterocycles. The van der Waals surface area contributed by atoms with Crippen LogP contribution in [-0.4, -0.2) is 205 Å². The fourth-order valence-corrected chi connectivity index (χ4v) is 6.60. The second-order valence-electron chi connectivity index (χ2n) is 18.0. The number of Topliss-reactive ketones (excluding diaryl/α,β-unsaturated/α-hetero) is 5. The number of rotatable bonds is 34. The number of aliphatic imine (C=N–C) groups is 1. The normalized spacial score (nSPS) is 11.7. The third-order valence-corrected chi connectivity index (χ3v) is 11.1. The van der Waals surface area contributed by atoms with Crippen molar-refractivity contribution < 1.29 is 28.5 Å². The number of carbonyl (C=O) groups excluding carboxylic acids is 5. The second-order valence-corrected chi connectivity index (χ2v) is 18.0. The van der Waals surface area contributed by atoms with Crippen molar-refractivity contribution >= 4 is 59.2 Å². The van der Waals surface area contributed by atoms with Gasteiger partial charge >= 0.3 is 0 Å². The number of hydrogen-bond acceptors (Lipinski definition) is 16. The van der Waals surface area contributed by atoms with Crippen LogP contribution in [0.25, 0.3) is 0 Å². The van der Waals surface area contributed by atoms with E-state index >= 15 is 0 Å². The van der Waals surface area contributed by atoms with Crippen LogP contribution in [0.5, 0.6) is 0 Å². The van der Waals surface area contributed by atoms with E-state index in [1.165, 1.54) is 6.42 Å². The molecule has 2 rings (SSSR count). The number of unbranched alkanes of at least 4 members (excludes halogenated alkanes) is 5. The van der Waals surface area contributed by atoms with Gasteiger partial charge in [-0.05, 0) is 212 Å². The van der Waals surface area contributed by atoms with E-state index in [2.05, 4.69) is 79.3 Å². The molecule has 2 heterocycles. The minimum atomic E-state index is 0. The SMILES string of the molecule is C=NCCCCC(NC)C(C)=O.C=[N+](C)CCCCC(NC)C(C)=O.CNC(CCCCN(C)C)C(C)=O.CNC(CCCCN)C(C)=O.CNCCCCC(NC)C(C)=O.[B].[B].c1ccncc1.c1ccncc1. The van der Waals surface area contributed by atoms with Crippen LogP contribution in [0, 0.1) is 0 Å². The minimum absolute atomic E-state index is 0. The lowest BCUT2D eigenvalue weighted by Gasteiger charge is -2.13. The molecule has 6 radical (unpaired) electrons. The molecule has 5 atom stereocenters. The highest BCUT2D eigenvalue weighted by Gasteiger charge is 2.13. The minimum Gasteiger partial charge on any atom is -0.330 e. The van der Waals surface area contributed by atoms with Crippen LogP contribution in [-0.2, 0) is 24.0 Å². The average Bonchev–Trinajstić information content (AvgIpc) is 3.37. The number of likely N-dealkylation sites (N-methyl/N-ethyl adjacent to an activating group) is 5. The van der Waals surface area contributed by atoms with Gasteiger partial charge in [0.05, 0.1) is 30.2 Å². The van der Waals surface area contributed by atoms with E-state index in [0.29, 0.717) is 6.54 Å². The van der Waals surface area contributed by atoms with E-state index < -0.39 is 0 Å². The fourth-order valence-electron chi connectivity index (χ4n) is 6.60. The summed E-state index contributed by atoms with van der Waals surface area (Å²) in [6.07, 6.45) is 22.4. The summed E-state index contributed by atoms with van der Waals surface area (Å²) >= 11 is 0. The lowest BCUT2D eigenvalue weighted by molar-refractivity contribution is -0.488. The quantitative estimate of drug-likeness (QED) is 0.0215. The summed E-state index contributed by atoms with van der Waals surface area (Å²) < 4.78 is 1.92. The van der Waals surface area contributed by atoms with Gasteiger partial charge in [-0.1, -0.05) is 31.4 Å². The molecular weight excluding hydrogens is 942 g/mol. The van der Waals surface area contributed by atoms with Gasteiger partial charge in [0.15, 0.2) is 0 Å². The van der Waals surface area contributed by atoms with Crippen LogP contribution in [0.4, 0.5) is 0 Å². The first-order valence-corrected chi connectivity index (χ1v) is 26.3. The Labute approximate surface area is 462 Å². The number of hydrogen-bond donors (Lipinski definition) is 7. The van der Waals surface area contributed by atoms with E-state index in [0.717, 1.165) is 116 Å². The van der Waals surface area contributed by atoms with E-state index in [1.807, 2.05) is 90.3 Å². The van der Waals surface area contributed by atoms with Crippen LogP contribution in [0.15, 0.2) is 66.2 Å². The van der Waals surface area contributed by atoms with Gasteiger partial charge in [-0.15, -0.1) is 0 Å². The van der Waals surface area contributed by atoms with Crippen LogP contribution < -0.4 is 37.6 Å². The molecule has 75 heavy (non-hydrogen) atoms. The summed E-state index contributed by atoms with van der Waals surface area (Å²) in [7, 11) is 17.2. The van der Waals surface area contributed by atoms with Crippen molar-refractivity contribution in [1.29, 1.82) is 0 Å². The van der Waals surface area contributed by atoms with Crippen LogP contribution in [0.2, 0.25) is 0 Å². The van der Waals surface area contributed by atoms with Gasteiger partial charge in [0, 0.05) is 54.6 Å². The van der Waals surface area contributed by atoms with E-state index in [-0.39, 0.29) is 76.0 Å². The van der Waals surface area contributed by atoms with E-state index in [9.17, 15) is 24.0 Å². The first-order chi connectivity index (χ1) is 34.8. The summed E-state index contributed by atoms with van der Waals surface area (Å²) in [5.74, 6) is 1.13. The Morgan fingerprint density at radius 2 is 0.827 bits per heavy atom. The maximum absolute atomic E-state index is 11.0. The highest BCUT2D eigenvalue weighted by molar-refractivity contribution is 5.82. The molecule has 0 aliphatic carbocycles. The molecule has 0 saturated carbocycles. The summed E-state index contributed by atoms with van der Waals surface area (Å²) in [5, 5.41) is 18.1. The molecule has 0 saturated heterocycles. The number of nitrogens with two attached hydrogens (primary N) is 1. The molecule has 0 amide bonds. The molecule has 0 fully saturated rings. The molecule has 0 spiro atoms. The Kier molecular flexibility index (Phi) is 74.5. The molecule has 0 aromatic carbocycles. The van der Waals surface area contributed by atoms with Crippen LogP contribution in [0.3, 0.4) is 0 Å². The standard InChI is InChI=1S/C10H22N2O.C10H21N2O.C9H20N2O.C9H18N2O.C8H18N2O.2C5H5N.2B/c2*1-9(13)10(11-2)7-5-6-8-12(3)4;2*1-8(12)9(11-3)6-4-5-7-10-2;1-7(11)8(10-2)5-3-4-6-9;2*1-2-4-6-5-3-1;;/h10-11H,5-8H2,1-4H3;10-11H,3,5-8H2,1-2,4H3;9-11H,4-7H2,1-3H3;9,11H,2,4-7H2,1,3H3;8,10H,3-6,9H2,1-2H3;2*1-5H;;/q;+1;;;;;;;. The van der Waals surface area contributed by atoms with Crippen molar-refractivity contribution in [1.82, 2.24) is 46.8 Å². The molecular formula is C56H109B2N12O5+. The zero-order chi connectivity index (χ0) is 56.5. The molecule has 0 aliphatic rings. The molecule has 428 valence electrons. The monoisotopic (exact) mass is 1050 g/mol. The van der Waals surface area contributed by atoms with Crippen molar-refractivity contribution in [2.45, 2.75) is 161 Å². The molecule has 2 aromatic rings. The molecule has 0 aliphatic heterocycles. The van der Waals surface area contributed by atoms with Crippen LogP contribution in [0.1, 0.15) is 131 Å². The van der Waals surface area contributed by atoms with Gasteiger partial charge in [0.25, 0.3) is 0 Å². The number of nitrogens with zero attached hydrogens (tertiary/aromatic N) is 5. The summed E-state index contributed by atoms with van der Waals surface area (Å²) in [6.45, 7) is 20.0. The Morgan fingerprint density at radius 3 is 1.05 bits per heavy atom. The van der Waals surface area contributed by atoms with Crippen molar-refractivity contribution in [3.8, 4) is 0 Å². The highest BCUT2D eigenvalue weighted by Crippen LogP contribution is 2.05. The van der Waals surface area contributed by atoms with E-state index in [1.54, 1.807) is 59.4 Å². The Morgan fingerprint density at radius 1 is 0.520 bits per heavy atom. The van der Waals surface area contributed by atoms with Gasteiger partial charge in [0.1, 0.15) is 49.2 Å². The Bertz CT molecular complexity index is 1490. The highest BCUT2D eigenvalue weighted by atomic mass is 16.1. The van der Waals surface area contributed by atoms with Gasteiger partial charge in [0.2, 0.25) is 0 Å². The average molecular weight is 1050 g/mol. The van der Waals surface area contributed by atoms with Gasteiger partial charge in [-0.2, -0.15) is 0 Å². The smallest absolute Gasteiger partial charge is 0.146 e. The molecule has 19 heteroatoms. The Hall–Kier alpha value is -4.20. The summed E-state index contributed by atoms with van der Waals surface area (Å²) in [4.78, 5) is 68.3. The van der Waals surface area contributed by atoms with Gasteiger partial charge in [-0.25, -0.2) is 4.58 Å². The van der Waals surface area contributed by atoms with Crippen LogP contribution >= 0.6 is 0 Å². The first-order valence-electron chi connectivity index (χ1n) is 26.3. The lowest BCUT2D eigenvalue weighted by atomic mass is 10.1. The van der Waals surface area contributed by atoms with Crippen molar-refractivity contribution in [3.05, 3.63) is 61.2 Å². The van der Waals surface area contributed by atoms with Crippen molar-refractivity contribution in [2.24, 2.45) is 10.7 Å². The number of ketones is 5. The van der Waals surface area contributed by atoms with Crippen molar-refractivity contribution in [3.63, 3.8) is 0 Å².